The summed E-state index contributed by atoms with van der Waals surface area (Å²) in [5.41, 5.74) is 1.76. The van der Waals surface area contributed by atoms with Gasteiger partial charge in [0.1, 0.15) is 6.10 Å². The molecule has 136 valence electrons. The van der Waals surface area contributed by atoms with Gasteiger partial charge < -0.3 is 15.0 Å². The Labute approximate surface area is 148 Å². The number of ether oxygens (including phenoxy) is 1. The molecule has 0 aliphatic carbocycles. The van der Waals surface area contributed by atoms with E-state index in [1.54, 1.807) is 12.4 Å². The number of nitrogens with one attached hydrogen (secondary N) is 1. The standard InChI is InChI=1S/C18H26N4O3/c1-13(23)21-12-15-17(20-8-7-19-15)14-5-9-22(10-6-14)18(24)16-4-2-3-11-25-16/h7-8,14,16H,2-6,9-12H2,1H3,(H,21,23)/t16-/m0/s1. The summed E-state index contributed by atoms with van der Waals surface area (Å²) in [6.07, 6.45) is 7.78. The molecule has 1 atom stereocenters. The molecule has 0 saturated carbocycles. The lowest BCUT2D eigenvalue weighted by molar-refractivity contribution is -0.147. The minimum absolute atomic E-state index is 0.0792. The van der Waals surface area contributed by atoms with Crippen LogP contribution in [-0.2, 0) is 20.9 Å². The third kappa shape index (κ3) is 4.54. The van der Waals surface area contributed by atoms with Crippen LogP contribution in [0.3, 0.4) is 0 Å². The highest BCUT2D eigenvalue weighted by molar-refractivity contribution is 5.81. The van der Waals surface area contributed by atoms with E-state index in [1.807, 2.05) is 4.90 Å². The summed E-state index contributed by atoms with van der Waals surface area (Å²) in [4.78, 5) is 34.5. The SMILES string of the molecule is CC(=O)NCc1nccnc1C1CCN(C(=O)[C@@H]2CCCCO2)CC1. The molecule has 2 fully saturated rings. The van der Waals surface area contributed by atoms with Gasteiger partial charge in [0.2, 0.25) is 5.91 Å². The number of likely N-dealkylation sites (tertiary alicyclic amines) is 1. The van der Waals surface area contributed by atoms with Crippen molar-refractivity contribution in [3.05, 3.63) is 23.8 Å². The molecule has 3 heterocycles. The molecule has 2 aliphatic heterocycles. The largest absolute Gasteiger partial charge is 0.368 e. The Hall–Kier alpha value is -2.02. The highest BCUT2D eigenvalue weighted by atomic mass is 16.5. The van der Waals surface area contributed by atoms with Gasteiger partial charge in [0.25, 0.3) is 5.91 Å². The molecule has 3 rings (SSSR count). The summed E-state index contributed by atoms with van der Waals surface area (Å²) in [5.74, 6) is 0.328. The zero-order valence-electron chi connectivity index (χ0n) is 14.7. The van der Waals surface area contributed by atoms with Crippen molar-refractivity contribution in [1.29, 1.82) is 0 Å². The van der Waals surface area contributed by atoms with Crippen LogP contribution >= 0.6 is 0 Å². The summed E-state index contributed by atoms with van der Waals surface area (Å²) < 4.78 is 5.62. The van der Waals surface area contributed by atoms with Crippen LogP contribution in [0.25, 0.3) is 0 Å². The number of nitrogens with zero attached hydrogens (tertiary/aromatic N) is 3. The number of carbonyl (C=O) groups excluding carboxylic acids is 2. The summed E-state index contributed by atoms with van der Waals surface area (Å²) in [6, 6.07) is 0. The van der Waals surface area contributed by atoms with Gasteiger partial charge in [-0.05, 0) is 32.1 Å². The highest BCUT2D eigenvalue weighted by Gasteiger charge is 2.31. The Morgan fingerprint density at radius 2 is 1.96 bits per heavy atom. The summed E-state index contributed by atoms with van der Waals surface area (Å²) in [6.45, 7) is 4.03. The third-order valence-corrected chi connectivity index (χ3v) is 4.96. The van der Waals surface area contributed by atoms with E-state index < -0.39 is 0 Å². The number of amides is 2. The minimum Gasteiger partial charge on any atom is -0.368 e. The van der Waals surface area contributed by atoms with Crippen molar-refractivity contribution in [1.82, 2.24) is 20.2 Å². The number of hydrogen-bond acceptors (Lipinski definition) is 5. The quantitative estimate of drug-likeness (QED) is 0.890. The van der Waals surface area contributed by atoms with Crippen molar-refractivity contribution in [3.63, 3.8) is 0 Å². The van der Waals surface area contributed by atoms with Crippen molar-refractivity contribution in [2.45, 2.75) is 57.6 Å². The van der Waals surface area contributed by atoms with Gasteiger partial charge in [-0.3, -0.25) is 19.6 Å². The van der Waals surface area contributed by atoms with Gasteiger partial charge in [-0.25, -0.2) is 0 Å². The highest BCUT2D eigenvalue weighted by Crippen LogP contribution is 2.29. The van der Waals surface area contributed by atoms with Crippen LogP contribution in [-0.4, -0.2) is 52.5 Å². The minimum atomic E-state index is -0.253. The Morgan fingerprint density at radius 3 is 2.64 bits per heavy atom. The molecule has 25 heavy (non-hydrogen) atoms. The zero-order chi connectivity index (χ0) is 17.6. The maximum absolute atomic E-state index is 12.6. The topological polar surface area (TPSA) is 84.4 Å². The second-order valence-corrected chi connectivity index (χ2v) is 6.75. The number of piperidine rings is 1. The van der Waals surface area contributed by atoms with E-state index in [9.17, 15) is 9.59 Å². The summed E-state index contributed by atoms with van der Waals surface area (Å²) in [7, 11) is 0. The van der Waals surface area contributed by atoms with Crippen LogP contribution in [0.5, 0.6) is 0 Å². The van der Waals surface area contributed by atoms with Crippen molar-refractivity contribution >= 4 is 11.8 Å². The first-order valence-electron chi connectivity index (χ1n) is 9.09. The number of aromatic nitrogens is 2. The maximum atomic E-state index is 12.6. The van der Waals surface area contributed by atoms with Crippen molar-refractivity contribution in [2.24, 2.45) is 0 Å². The molecule has 0 radical (unpaired) electrons. The fourth-order valence-corrected chi connectivity index (χ4v) is 3.58. The van der Waals surface area contributed by atoms with Crippen molar-refractivity contribution in [2.75, 3.05) is 19.7 Å². The molecule has 1 N–H and O–H groups in total. The van der Waals surface area contributed by atoms with E-state index in [4.69, 9.17) is 4.74 Å². The van der Waals surface area contributed by atoms with Gasteiger partial charge in [-0.2, -0.15) is 0 Å². The van der Waals surface area contributed by atoms with Gasteiger partial charge in [0.05, 0.1) is 17.9 Å². The number of rotatable bonds is 4. The molecule has 1 aromatic rings. The second-order valence-electron chi connectivity index (χ2n) is 6.75. The number of hydrogen-bond donors (Lipinski definition) is 1. The fourth-order valence-electron chi connectivity index (χ4n) is 3.58. The summed E-state index contributed by atoms with van der Waals surface area (Å²) >= 11 is 0. The predicted molar refractivity (Wildman–Crippen MR) is 91.7 cm³/mol. The number of carbonyl (C=O) groups is 2. The van der Waals surface area contributed by atoms with Crippen LogP contribution in [0.4, 0.5) is 0 Å². The molecular formula is C18H26N4O3. The van der Waals surface area contributed by atoms with Gasteiger partial charge >= 0.3 is 0 Å². The average molecular weight is 346 g/mol. The molecule has 0 unspecified atom stereocenters. The molecule has 0 spiro atoms. The monoisotopic (exact) mass is 346 g/mol. The van der Waals surface area contributed by atoms with Crippen LogP contribution < -0.4 is 5.32 Å². The first-order chi connectivity index (χ1) is 12.1. The van der Waals surface area contributed by atoms with E-state index in [1.165, 1.54) is 6.92 Å². The van der Waals surface area contributed by atoms with Gasteiger partial charge in [-0.15, -0.1) is 0 Å². The molecule has 0 aromatic carbocycles. The van der Waals surface area contributed by atoms with E-state index in [0.29, 0.717) is 13.2 Å². The van der Waals surface area contributed by atoms with Crippen molar-refractivity contribution < 1.29 is 14.3 Å². The average Bonchev–Trinajstić information content (AvgIpc) is 2.67. The first kappa shape index (κ1) is 17.8. The van der Waals surface area contributed by atoms with Crippen LogP contribution in [0.2, 0.25) is 0 Å². The lowest BCUT2D eigenvalue weighted by Crippen LogP contribution is -2.45. The van der Waals surface area contributed by atoms with Gasteiger partial charge in [-0.1, -0.05) is 0 Å². The van der Waals surface area contributed by atoms with Crippen LogP contribution in [0.15, 0.2) is 12.4 Å². The predicted octanol–water partition coefficient (Wildman–Crippen LogP) is 1.39. The normalized spacial score (nSPS) is 21.8. The van der Waals surface area contributed by atoms with E-state index in [2.05, 4.69) is 15.3 Å². The Morgan fingerprint density at radius 1 is 1.20 bits per heavy atom. The van der Waals surface area contributed by atoms with Gasteiger partial charge in [0, 0.05) is 44.9 Å². The molecule has 7 nitrogen and oxygen atoms in total. The van der Waals surface area contributed by atoms with E-state index >= 15 is 0 Å². The van der Waals surface area contributed by atoms with Crippen LogP contribution in [0.1, 0.15) is 56.3 Å². The Kier molecular flexibility index (Phi) is 5.96. The fraction of sp³-hybridized carbons (Fsp3) is 0.667. The zero-order valence-corrected chi connectivity index (χ0v) is 14.7. The lowest BCUT2D eigenvalue weighted by Gasteiger charge is -2.35. The maximum Gasteiger partial charge on any atom is 0.251 e. The second kappa shape index (κ2) is 8.38. The van der Waals surface area contributed by atoms with Crippen LogP contribution in [0, 0.1) is 0 Å². The van der Waals surface area contributed by atoms with Crippen molar-refractivity contribution in [3.8, 4) is 0 Å². The van der Waals surface area contributed by atoms with E-state index in [0.717, 1.165) is 56.6 Å². The Balaban J connectivity index is 1.58. The molecule has 2 amide bonds. The van der Waals surface area contributed by atoms with E-state index in [-0.39, 0.29) is 23.8 Å². The first-order valence-corrected chi connectivity index (χ1v) is 9.09. The molecule has 2 saturated heterocycles. The third-order valence-electron chi connectivity index (χ3n) is 4.96. The lowest BCUT2D eigenvalue weighted by atomic mass is 9.91. The van der Waals surface area contributed by atoms with Gasteiger partial charge in [0.15, 0.2) is 0 Å². The molecule has 1 aromatic heterocycles. The summed E-state index contributed by atoms with van der Waals surface area (Å²) in [5, 5.41) is 2.79. The Bertz CT molecular complexity index is 608. The molecule has 0 bridgehead atoms. The molecule has 7 heteroatoms. The molecular weight excluding hydrogens is 320 g/mol. The molecule has 2 aliphatic rings. The smallest absolute Gasteiger partial charge is 0.251 e.